The van der Waals surface area contributed by atoms with E-state index in [1.165, 1.54) is 6.07 Å². The molecule has 0 bridgehead atoms. The van der Waals surface area contributed by atoms with Crippen molar-refractivity contribution in [3.63, 3.8) is 0 Å². The number of amides is 1. The molecule has 1 aromatic rings. The number of aromatic hydroxyl groups is 1. The van der Waals surface area contributed by atoms with Gasteiger partial charge in [-0.05, 0) is 6.07 Å². The average Bonchev–Trinajstić information content (AvgIpc) is 3.03. The third-order valence-corrected chi connectivity index (χ3v) is 4.87. The number of phenolic OH excluding ortho intramolecular Hbond substituents is 1. The molecule has 4 rings (SSSR count). The third kappa shape index (κ3) is 1.63. The zero-order chi connectivity index (χ0) is 17.4. The fourth-order valence-electron chi connectivity index (χ4n) is 3.60. The Hall–Kier alpha value is -2.11. The Morgan fingerprint density at radius 1 is 1.12 bits per heavy atom. The van der Waals surface area contributed by atoms with Crippen LogP contribution in [0.15, 0.2) is 6.07 Å². The molecule has 0 saturated heterocycles. The number of carbonyl (C=O) groups excluding carboxylic acids is 1. The van der Waals surface area contributed by atoms with Gasteiger partial charge in [-0.1, -0.05) is 0 Å². The highest BCUT2D eigenvalue weighted by Crippen LogP contribution is 2.51. The summed E-state index contributed by atoms with van der Waals surface area (Å²) in [7, 11) is 0. The molecule has 0 unspecified atom stereocenters. The predicted molar refractivity (Wildman–Crippen MR) is 73.4 cm³/mol. The smallest absolute Gasteiger partial charge is 0.256 e. The first-order valence-electron chi connectivity index (χ1n) is 7.20. The van der Waals surface area contributed by atoms with Crippen LogP contribution in [0, 0.1) is 0 Å². The fourth-order valence-corrected chi connectivity index (χ4v) is 3.60. The Bertz CT molecular complexity index is 737. The lowest BCUT2D eigenvalue weighted by Crippen LogP contribution is -2.75. The Kier molecular flexibility index (Phi) is 3.03. The molecule has 10 heteroatoms. The second-order valence-electron chi connectivity index (χ2n) is 6.07. The van der Waals surface area contributed by atoms with Gasteiger partial charge >= 0.3 is 0 Å². The molecule has 0 radical (unpaired) electrons. The van der Waals surface area contributed by atoms with Crippen molar-refractivity contribution in [3.8, 4) is 17.2 Å². The van der Waals surface area contributed by atoms with Gasteiger partial charge in [-0.2, -0.15) is 0 Å². The number of nitrogens with one attached hydrogen (secondary N) is 1. The van der Waals surface area contributed by atoms with Crippen molar-refractivity contribution in [3.05, 3.63) is 17.2 Å². The van der Waals surface area contributed by atoms with Crippen molar-refractivity contribution >= 4 is 5.91 Å². The number of rotatable bonds is 0. The maximum Gasteiger partial charge on any atom is 0.256 e. The van der Waals surface area contributed by atoms with Gasteiger partial charge in [-0.3, -0.25) is 4.79 Å². The van der Waals surface area contributed by atoms with Crippen LogP contribution in [-0.4, -0.2) is 73.8 Å². The lowest BCUT2D eigenvalue weighted by atomic mass is 9.66. The summed E-state index contributed by atoms with van der Waals surface area (Å²) in [6, 6.07) is -0.311. The molecule has 0 aromatic heterocycles. The summed E-state index contributed by atoms with van der Waals surface area (Å²) in [5.41, 5.74) is -2.97. The van der Waals surface area contributed by atoms with Crippen LogP contribution < -0.4 is 14.8 Å². The molecule has 7 N–H and O–H groups in total. The van der Waals surface area contributed by atoms with Gasteiger partial charge in [0, 0.05) is 5.56 Å². The number of ether oxygens (including phenoxy) is 2. The molecule has 10 nitrogen and oxygen atoms in total. The van der Waals surface area contributed by atoms with E-state index in [1.807, 2.05) is 0 Å². The maximum absolute atomic E-state index is 12.3. The quantitative estimate of drug-likeness (QED) is 0.258. The van der Waals surface area contributed by atoms with Gasteiger partial charge in [0.25, 0.3) is 5.91 Å². The standard InChI is InChI=1S/C14H15NO9/c16-6-5-3(1-4-10(6)24-2-23-4)14(22)11(15-13(5)21)8(18)7(17)9(19)12(14)20/h1,7-9,11-12,16-20,22H,2H2,(H,15,21)/t7-,8+,9+,11-,12-,14+/m0/s1. The van der Waals surface area contributed by atoms with Crippen LogP contribution in [-0.2, 0) is 5.60 Å². The third-order valence-electron chi connectivity index (χ3n) is 4.87. The molecule has 2 heterocycles. The van der Waals surface area contributed by atoms with Crippen molar-refractivity contribution in [2.24, 2.45) is 0 Å². The Morgan fingerprint density at radius 2 is 1.83 bits per heavy atom. The van der Waals surface area contributed by atoms with E-state index in [-0.39, 0.29) is 29.4 Å². The second kappa shape index (κ2) is 4.71. The van der Waals surface area contributed by atoms with Crippen molar-refractivity contribution in [2.45, 2.75) is 36.1 Å². The average molecular weight is 341 g/mol. The highest BCUT2D eigenvalue weighted by molar-refractivity contribution is 6.02. The van der Waals surface area contributed by atoms with Crippen LogP contribution in [0.3, 0.4) is 0 Å². The van der Waals surface area contributed by atoms with Crippen LogP contribution in [0.5, 0.6) is 17.2 Å². The zero-order valence-electron chi connectivity index (χ0n) is 12.1. The summed E-state index contributed by atoms with van der Waals surface area (Å²) in [5.74, 6) is -1.48. The summed E-state index contributed by atoms with van der Waals surface area (Å²) >= 11 is 0. The number of carbonyl (C=O) groups is 1. The van der Waals surface area contributed by atoms with E-state index in [0.717, 1.165) is 0 Å². The molecule has 1 aromatic carbocycles. The van der Waals surface area contributed by atoms with Gasteiger partial charge < -0.3 is 45.4 Å². The lowest BCUT2D eigenvalue weighted by molar-refractivity contribution is -0.238. The van der Waals surface area contributed by atoms with Gasteiger partial charge in [0.1, 0.15) is 30.0 Å². The molecule has 1 amide bonds. The number of benzene rings is 1. The number of aliphatic hydroxyl groups excluding tert-OH is 4. The first kappa shape index (κ1) is 15.4. The first-order valence-corrected chi connectivity index (χ1v) is 7.20. The van der Waals surface area contributed by atoms with Crippen LogP contribution in [0.25, 0.3) is 0 Å². The molecule has 130 valence electrons. The topological polar surface area (TPSA) is 169 Å². The highest BCUT2D eigenvalue weighted by atomic mass is 16.7. The predicted octanol–water partition coefficient (Wildman–Crippen LogP) is -3.12. The van der Waals surface area contributed by atoms with E-state index in [2.05, 4.69) is 5.32 Å². The van der Waals surface area contributed by atoms with Gasteiger partial charge in [-0.25, -0.2) is 0 Å². The molecule has 3 aliphatic rings. The minimum absolute atomic E-state index is 0.0374. The molecule has 1 aliphatic carbocycles. The first-order chi connectivity index (χ1) is 11.3. The molecule has 1 saturated carbocycles. The second-order valence-corrected chi connectivity index (χ2v) is 6.07. The molecule has 24 heavy (non-hydrogen) atoms. The van der Waals surface area contributed by atoms with Crippen molar-refractivity contribution in [1.82, 2.24) is 5.32 Å². The molecule has 2 aliphatic heterocycles. The van der Waals surface area contributed by atoms with E-state index in [1.54, 1.807) is 0 Å². The monoisotopic (exact) mass is 341 g/mol. The van der Waals surface area contributed by atoms with E-state index < -0.39 is 47.7 Å². The zero-order valence-corrected chi connectivity index (χ0v) is 12.1. The molecule has 0 spiro atoms. The highest BCUT2D eigenvalue weighted by Gasteiger charge is 2.62. The summed E-state index contributed by atoms with van der Waals surface area (Å²) in [4.78, 5) is 12.3. The van der Waals surface area contributed by atoms with E-state index in [0.29, 0.717) is 0 Å². The number of hydrogen-bond donors (Lipinski definition) is 7. The van der Waals surface area contributed by atoms with Crippen LogP contribution in [0.2, 0.25) is 0 Å². The summed E-state index contributed by atoms with van der Waals surface area (Å²) in [6.45, 7) is -0.207. The van der Waals surface area contributed by atoms with Crippen molar-refractivity contribution < 1.29 is 44.9 Å². The lowest BCUT2D eigenvalue weighted by Gasteiger charge is -2.52. The van der Waals surface area contributed by atoms with Crippen LogP contribution in [0.1, 0.15) is 15.9 Å². The normalized spacial score (nSPS) is 39.9. The van der Waals surface area contributed by atoms with Gasteiger partial charge in [0.2, 0.25) is 12.5 Å². The van der Waals surface area contributed by atoms with Crippen LogP contribution >= 0.6 is 0 Å². The molecule has 1 fully saturated rings. The summed E-state index contributed by atoms with van der Waals surface area (Å²) in [5, 5.41) is 63.7. The Morgan fingerprint density at radius 3 is 2.54 bits per heavy atom. The van der Waals surface area contributed by atoms with Gasteiger partial charge in [0.15, 0.2) is 11.5 Å². The van der Waals surface area contributed by atoms with Gasteiger partial charge in [0.05, 0.1) is 11.6 Å². The number of fused-ring (bicyclic) bond motifs is 4. The van der Waals surface area contributed by atoms with E-state index >= 15 is 0 Å². The SMILES string of the molecule is O=C1N[C@H]2[C@H](O)[C@H](O)[C@@H](O)[C@H](O)[C@@]2(O)c2cc3c(c(O)c21)OCO3. The Balaban J connectivity index is 1.98. The van der Waals surface area contributed by atoms with E-state index in [4.69, 9.17) is 9.47 Å². The van der Waals surface area contributed by atoms with Crippen molar-refractivity contribution in [2.75, 3.05) is 6.79 Å². The number of phenols is 1. The van der Waals surface area contributed by atoms with Gasteiger partial charge in [-0.15, -0.1) is 0 Å². The fraction of sp³-hybridized carbons (Fsp3) is 0.500. The van der Waals surface area contributed by atoms with Crippen molar-refractivity contribution in [1.29, 1.82) is 0 Å². The number of hydrogen-bond acceptors (Lipinski definition) is 9. The minimum Gasteiger partial charge on any atom is -0.504 e. The summed E-state index contributed by atoms with van der Waals surface area (Å²) in [6.07, 6.45) is -7.36. The van der Waals surface area contributed by atoms with Crippen LogP contribution in [0.4, 0.5) is 0 Å². The number of aliphatic hydroxyl groups is 5. The molecular weight excluding hydrogens is 326 g/mol. The maximum atomic E-state index is 12.3. The van der Waals surface area contributed by atoms with E-state index in [9.17, 15) is 35.4 Å². The molecular formula is C14H15NO9. The summed E-state index contributed by atoms with van der Waals surface area (Å²) < 4.78 is 10.2. The largest absolute Gasteiger partial charge is 0.504 e. The molecule has 6 atom stereocenters. The Labute approximate surface area is 134 Å². The minimum atomic E-state index is -2.36.